The molecular formula is C28H32N2O4. The highest BCUT2D eigenvalue weighted by atomic mass is 16.3. The second kappa shape index (κ2) is 10.7. The van der Waals surface area contributed by atoms with Gasteiger partial charge >= 0.3 is 0 Å². The Morgan fingerprint density at radius 1 is 0.971 bits per heavy atom. The number of aliphatic hydroxyl groups is 1. The zero-order valence-corrected chi connectivity index (χ0v) is 19.4. The second-order valence-electron chi connectivity index (χ2n) is 9.14. The van der Waals surface area contributed by atoms with Crippen LogP contribution < -0.4 is 5.32 Å². The van der Waals surface area contributed by atoms with Gasteiger partial charge < -0.3 is 25.5 Å². The van der Waals surface area contributed by atoms with E-state index in [4.69, 9.17) is 0 Å². The number of benzene rings is 3. The van der Waals surface area contributed by atoms with Crippen LogP contribution in [0.5, 0.6) is 11.5 Å². The number of rotatable bonds is 8. The van der Waals surface area contributed by atoms with Crippen LogP contribution in [-0.4, -0.2) is 45.3 Å². The van der Waals surface area contributed by atoms with Crippen molar-refractivity contribution in [2.45, 2.75) is 44.9 Å². The number of hydrogen-bond acceptors (Lipinski definition) is 5. The number of carbonyl (C=O) groups is 1. The first-order chi connectivity index (χ1) is 16.4. The second-order valence-corrected chi connectivity index (χ2v) is 9.14. The Morgan fingerprint density at radius 3 is 2.44 bits per heavy atom. The van der Waals surface area contributed by atoms with E-state index >= 15 is 0 Å². The Balaban J connectivity index is 1.29. The van der Waals surface area contributed by atoms with Crippen molar-refractivity contribution < 1.29 is 20.1 Å². The highest BCUT2D eigenvalue weighted by Gasteiger charge is 2.20. The quantitative estimate of drug-likeness (QED) is 0.413. The minimum atomic E-state index is -0.848. The van der Waals surface area contributed by atoms with Crippen molar-refractivity contribution in [1.82, 2.24) is 10.2 Å². The average Bonchev–Trinajstić information content (AvgIpc) is 2.81. The molecule has 1 aliphatic rings. The molecule has 0 fully saturated rings. The van der Waals surface area contributed by atoms with Crippen molar-refractivity contribution in [2.24, 2.45) is 0 Å². The fourth-order valence-electron chi connectivity index (χ4n) is 4.53. The molecular weight excluding hydrogens is 428 g/mol. The third kappa shape index (κ3) is 6.16. The number of nitrogens with one attached hydrogen (secondary N) is 1. The summed E-state index contributed by atoms with van der Waals surface area (Å²) < 4.78 is 0. The lowest BCUT2D eigenvalue weighted by Gasteiger charge is -2.29. The summed E-state index contributed by atoms with van der Waals surface area (Å²) in [5, 5.41) is 32.9. The van der Waals surface area contributed by atoms with Crippen LogP contribution in [0, 0.1) is 0 Å². The molecule has 0 spiro atoms. The first kappa shape index (κ1) is 23.8. The molecule has 34 heavy (non-hydrogen) atoms. The first-order valence-corrected chi connectivity index (χ1v) is 11.7. The summed E-state index contributed by atoms with van der Waals surface area (Å²) in [6.07, 6.45) is 1.19. The molecule has 1 aliphatic heterocycles. The van der Waals surface area contributed by atoms with Crippen LogP contribution in [-0.2, 0) is 30.6 Å². The van der Waals surface area contributed by atoms with Crippen molar-refractivity contribution in [2.75, 3.05) is 13.1 Å². The van der Waals surface area contributed by atoms with Gasteiger partial charge in [0.1, 0.15) is 11.5 Å². The lowest BCUT2D eigenvalue weighted by Crippen LogP contribution is -2.36. The van der Waals surface area contributed by atoms with Crippen molar-refractivity contribution in [3.63, 3.8) is 0 Å². The van der Waals surface area contributed by atoms with Crippen molar-refractivity contribution in [1.29, 1.82) is 0 Å². The van der Waals surface area contributed by atoms with Gasteiger partial charge in [0.25, 0.3) is 0 Å². The predicted octanol–water partition coefficient (Wildman–Crippen LogP) is 3.48. The van der Waals surface area contributed by atoms with Gasteiger partial charge in [0.05, 0.1) is 12.5 Å². The van der Waals surface area contributed by atoms with Gasteiger partial charge in [0, 0.05) is 31.7 Å². The summed E-state index contributed by atoms with van der Waals surface area (Å²) in [4.78, 5) is 14.9. The molecule has 6 nitrogen and oxygen atoms in total. The Hall–Kier alpha value is -3.35. The predicted molar refractivity (Wildman–Crippen MR) is 132 cm³/mol. The summed E-state index contributed by atoms with van der Waals surface area (Å²) in [5.74, 6) is -0.0141. The normalized spacial score (nSPS) is 14.9. The van der Waals surface area contributed by atoms with E-state index in [9.17, 15) is 20.1 Å². The zero-order chi connectivity index (χ0) is 24.1. The molecule has 0 unspecified atom stereocenters. The highest BCUT2D eigenvalue weighted by molar-refractivity contribution is 5.79. The monoisotopic (exact) mass is 460 g/mol. The molecule has 0 saturated heterocycles. The van der Waals surface area contributed by atoms with E-state index < -0.39 is 6.10 Å². The van der Waals surface area contributed by atoms with E-state index in [1.165, 1.54) is 29.3 Å². The molecule has 0 bridgehead atoms. The Morgan fingerprint density at radius 2 is 1.68 bits per heavy atom. The van der Waals surface area contributed by atoms with E-state index in [2.05, 4.69) is 29.6 Å². The Kier molecular flexibility index (Phi) is 7.50. The number of carbonyl (C=O) groups excluding carboxylic acids is 1. The molecule has 6 heteroatoms. The van der Waals surface area contributed by atoms with E-state index in [1.54, 1.807) is 0 Å². The highest BCUT2D eigenvalue weighted by Crippen LogP contribution is 2.25. The van der Waals surface area contributed by atoms with Gasteiger partial charge in [-0.2, -0.15) is 0 Å². The summed E-state index contributed by atoms with van der Waals surface area (Å²) in [7, 11) is 0. The molecule has 4 N–H and O–H groups in total. The number of phenolic OH excluding ortho intramolecular Hbond substituents is 2. The average molecular weight is 461 g/mol. The third-order valence-electron chi connectivity index (χ3n) is 6.34. The number of nitrogens with zero attached hydrogens (tertiary/aromatic N) is 1. The summed E-state index contributed by atoms with van der Waals surface area (Å²) >= 11 is 0. The number of hydrogen-bond donors (Lipinski definition) is 4. The summed E-state index contributed by atoms with van der Waals surface area (Å²) in [6.45, 7) is 3.76. The number of aliphatic hydroxyl groups excluding tert-OH is 1. The molecule has 4 rings (SSSR count). The van der Waals surface area contributed by atoms with Crippen LogP contribution in [0.15, 0.2) is 66.7 Å². The fourth-order valence-corrected chi connectivity index (χ4v) is 4.53. The molecule has 178 valence electrons. The van der Waals surface area contributed by atoms with Gasteiger partial charge in [0.2, 0.25) is 5.91 Å². The van der Waals surface area contributed by atoms with Crippen LogP contribution in [0.4, 0.5) is 0 Å². The minimum absolute atomic E-state index is 0.0813. The largest absolute Gasteiger partial charge is 0.508 e. The number of aromatic hydroxyl groups is 2. The first-order valence-electron chi connectivity index (χ1n) is 11.7. The van der Waals surface area contributed by atoms with Crippen LogP contribution >= 0.6 is 0 Å². The Bertz CT molecular complexity index is 1130. The van der Waals surface area contributed by atoms with Crippen LogP contribution in [0.1, 0.15) is 40.8 Å². The van der Waals surface area contributed by atoms with Crippen LogP contribution in [0.25, 0.3) is 0 Å². The molecule has 0 aliphatic carbocycles. The SMILES string of the molecule is C[C@H](Cc1cccc(CC(=O)N2CCc3ccccc3C2)c1)NC[C@H](O)c1cc(O)cc(O)c1. The molecule has 1 heterocycles. The van der Waals surface area contributed by atoms with Gasteiger partial charge in [-0.25, -0.2) is 0 Å². The topological polar surface area (TPSA) is 93.0 Å². The molecule has 3 aromatic rings. The summed E-state index contributed by atoms with van der Waals surface area (Å²) in [6, 6.07) is 20.6. The molecule has 0 aromatic heterocycles. The van der Waals surface area contributed by atoms with Crippen LogP contribution in [0.3, 0.4) is 0 Å². The van der Waals surface area contributed by atoms with Crippen LogP contribution in [0.2, 0.25) is 0 Å². The molecule has 0 radical (unpaired) electrons. The van der Waals surface area contributed by atoms with Crippen molar-refractivity contribution in [3.05, 3.63) is 94.5 Å². The van der Waals surface area contributed by atoms with Gasteiger partial charge in [0.15, 0.2) is 0 Å². The molecule has 1 amide bonds. The molecule has 0 saturated carbocycles. The Labute approximate surface area is 200 Å². The fraction of sp³-hybridized carbons (Fsp3) is 0.321. The van der Waals surface area contributed by atoms with Gasteiger partial charge in [-0.1, -0.05) is 48.5 Å². The minimum Gasteiger partial charge on any atom is -0.508 e. The molecule has 2 atom stereocenters. The van der Waals surface area contributed by atoms with E-state index in [0.29, 0.717) is 25.1 Å². The summed E-state index contributed by atoms with van der Waals surface area (Å²) in [5.41, 5.74) is 5.15. The standard InChI is InChI=1S/C28H32N2O4/c1-19(29-17-27(33)24-14-25(31)16-26(32)15-24)11-20-5-4-6-21(12-20)13-28(34)30-10-9-22-7-2-3-8-23(22)18-30/h2-8,12,14-16,19,27,29,31-33H,9-11,13,17-18H2,1H3/t19-,27+/m1/s1. The number of fused-ring (bicyclic) bond motifs is 1. The van der Waals surface area contributed by atoms with E-state index in [0.717, 1.165) is 30.5 Å². The van der Waals surface area contributed by atoms with E-state index in [1.807, 2.05) is 36.1 Å². The third-order valence-corrected chi connectivity index (χ3v) is 6.34. The van der Waals surface area contributed by atoms with Crippen molar-refractivity contribution >= 4 is 5.91 Å². The number of phenols is 2. The lowest BCUT2D eigenvalue weighted by molar-refractivity contribution is -0.131. The van der Waals surface area contributed by atoms with Gasteiger partial charge in [-0.05, 0) is 59.7 Å². The number of amides is 1. The maximum Gasteiger partial charge on any atom is 0.227 e. The zero-order valence-electron chi connectivity index (χ0n) is 19.4. The maximum absolute atomic E-state index is 12.9. The maximum atomic E-state index is 12.9. The van der Waals surface area contributed by atoms with Crippen molar-refractivity contribution in [3.8, 4) is 11.5 Å². The van der Waals surface area contributed by atoms with E-state index in [-0.39, 0.29) is 23.4 Å². The van der Waals surface area contributed by atoms with Gasteiger partial charge in [-0.15, -0.1) is 0 Å². The lowest BCUT2D eigenvalue weighted by atomic mass is 9.98. The van der Waals surface area contributed by atoms with Gasteiger partial charge in [-0.3, -0.25) is 4.79 Å². The molecule has 3 aromatic carbocycles. The smallest absolute Gasteiger partial charge is 0.227 e.